The van der Waals surface area contributed by atoms with Crippen molar-refractivity contribution in [2.45, 2.75) is 19.4 Å². The highest BCUT2D eigenvalue weighted by atomic mass is 16.4. The number of hydrogen-bond donors (Lipinski definition) is 2. The zero-order chi connectivity index (χ0) is 15.4. The van der Waals surface area contributed by atoms with E-state index in [2.05, 4.69) is 16.9 Å². The lowest BCUT2D eigenvalue weighted by Gasteiger charge is -2.14. The minimum Gasteiger partial charge on any atom is -0.480 e. The molecule has 21 heavy (non-hydrogen) atoms. The highest BCUT2D eigenvalue weighted by molar-refractivity contribution is 5.97. The highest BCUT2D eigenvalue weighted by Gasteiger charge is 2.21. The third kappa shape index (κ3) is 3.66. The van der Waals surface area contributed by atoms with Gasteiger partial charge < -0.3 is 10.4 Å². The summed E-state index contributed by atoms with van der Waals surface area (Å²) in [5, 5.41) is 12.5. The predicted octanol–water partition coefficient (Wildman–Crippen LogP) is 2.38. The van der Waals surface area contributed by atoms with Crippen molar-refractivity contribution >= 4 is 22.8 Å². The van der Waals surface area contributed by atoms with E-state index in [0.29, 0.717) is 11.1 Å². The van der Waals surface area contributed by atoms with E-state index in [-0.39, 0.29) is 12.1 Å². The average Bonchev–Trinajstić information content (AvgIpc) is 2.45. The summed E-state index contributed by atoms with van der Waals surface area (Å²) in [5.74, 6) is -1.60. The summed E-state index contributed by atoms with van der Waals surface area (Å²) < 4.78 is 0. The number of rotatable bonds is 5. The Hall–Kier alpha value is -2.69. The minimum absolute atomic E-state index is 0.189. The molecule has 1 heterocycles. The van der Waals surface area contributed by atoms with Crippen molar-refractivity contribution < 1.29 is 14.7 Å². The van der Waals surface area contributed by atoms with E-state index in [4.69, 9.17) is 5.11 Å². The average molecular weight is 284 g/mol. The lowest BCUT2D eigenvalue weighted by Crippen LogP contribution is -2.41. The zero-order valence-electron chi connectivity index (χ0n) is 11.7. The molecule has 1 aromatic heterocycles. The number of para-hydroxylation sites is 1. The van der Waals surface area contributed by atoms with Gasteiger partial charge in [0.1, 0.15) is 11.7 Å². The number of amides is 1. The maximum atomic E-state index is 12.1. The van der Waals surface area contributed by atoms with Crippen molar-refractivity contribution in [2.75, 3.05) is 0 Å². The van der Waals surface area contributed by atoms with Crippen LogP contribution in [0, 0.1) is 0 Å². The monoisotopic (exact) mass is 284 g/mol. The first kappa shape index (κ1) is 14.7. The van der Waals surface area contributed by atoms with Crippen LogP contribution < -0.4 is 5.32 Å². The van der Waals surface area contributed by atoms with Gasteiger partial charge in [-0.25, -0.2) is 9.78 Å². The smallest absolute Gasteiger partial charge is 0.326 e. The van der Waals surface area contributed by atoms with Crippen LogP contribution in [-0.2, 0) is 4.79 Å². The number of carbonyl (C=O) groups excluding carboxylic acids is 1. The number of carbonyl (C=O) groups is 2. The topological polar surface area (TPSA) is 79.3 Å². The standard InChI is InChI=1S/C16H16N2O3/c1-10(2)9-14(16(20)21)18-15(19)13-8-7-11-5-3-4-6-12(11)17-13/h3-8,14H,1,9H2,2H3,(H,18,19)(H,20,21)/t14-/m1/s1. The number of benzene rings is 1. The Morgan fingerprint density at radius 1 is 1.29 bits per heavy atom. The maximum absolute atomic E-state index is 12.1. The molecule has 2 N–H and O–H groups in total. The molecular formula is C16H16N2O3. The fourth-order valence-electron chi connectivity index (χ4n) is 1.97. The number of nitrogens with one attached hydrogen (secondary N) is 1. The summed E-state index contributed by atoms with van der Waals surface area (Å²) in [4.78, 5) is 27.5. The lowest BCUT2D eigenvalue weighted by molar-refractivity contribution is -0.139. The molecule has 5 nitrogen and oxygen atoms in total. The molecule has 0 radical (unpaired) electrons. The fourth-order valence-corrected chi connectivity index (χ4v) is 1.97. The molecule has 1 amide bonds. The van der Waals surface area contributed by atoms with Crippen LogP contribution >= 0.6 is 0 Å². The summed E-state index contributed by atoms with van der Waals surface area (Å²) in [6.45, 7) is 5.39. The van der Waals surface area contributed by atoms with E-state index in [1.165, 1.54) is 0 Å². The summed E-state index contributed by atoms with van der Waals surface area (Å²) in [7, 11) is 0. The Balaban J connectivity index is 2.20. The van der Waals surface area contributed by atoms with Crippen LogP contribution in [0.15, 0.2) is 48.6 Å². The van der Waals surface area contributed by atoms with Gasteiger partial charge in [-0.1, -0.05) is 29.8 Å². The van der Waals surface area contributed by atoms with Crippen LogP contribution in [0.25, 0.3) is 10.9 Å². The molecule has 5 heteroatoms. The van der Waals surface area contributed by atoms with Crippen molar-refractivity contribution in [1.82, 2.24) is 10.3 Å². The van der Waals surface area contributed by atoms with Gasteiger partial charge in [-0.05, 0) is 25.5 Å². The molecule has 0 unspecified atom stereocenters. The van der Waals surface area contributed by atoms with Gasteiger partial charge in [-0.15, -0.1) is 6.58 Å². The number of nitrogens with zero attached hydrogens (tertiary/aromatic N) is 1. The number of pyridine rings is 1. The number of carboxylic acid groups (broad SMARTS) is 1. The van der Waals surface area contributed by atoms with E-state index in [1.54, 1.807) is 25.1 Å². The number of aromatic nitrogens is 1. The van der Waals surface area contributed by atoms with Crippen LogP contribution in [0.2, 0.25) is 0 Å². The van der Waals surface area contributed by atoms with E-state index in [0.717, 1.165) is 5.39 Å². The van der Waals surface area contributed by atoms with Crippen LogP contribution in [0.5, 0.6) is 0 Å². The Labute approximate surface area is 122 Å². The van der Waals surface area contributed by atoms with Crippen molar-refractivity contribution in [1.29, 1.82) is 0 Å². The summed E-state index contributed by atoms with van der Waals surface area (Å²) in [6.07, 6.45) is 0.189. The summed E-state index contributed by atoms with van der Waals surface area (Å²) in [5.41, 5.74) is 1.58. The van der Waals surface area contributed by atoms with Crippen LogP contribution in [0.3, 0.4) is 0 Å². The second-order valence-corrected chi connectivity index (χ2v) is 4.91. The summed E-state index contributed by atoms with van der Waals surface area (Å²) in [6, 6.07) is 9.78. The first-order chi connectivity index (χ1) is 9.97. The number of carboxylic acids is 1. The molecule has 2 rings (SSSR count). The highest BCUT2D eigenvalue weighted by Crippen LogP contribution is 2.12. The molecule has 1 atom stereocenters. The van der Waals surface area contributed by atoms with Gasteiger partial charge in [-0.3, -0.25) is 4.79 Å². The third-order valence-corrected chi connectivity index (χ3v) is 2.99. The summed E-state index contributed by atoms with van der Waals surface area (Å²) >= 11 is 0. The van der Waals surface area contributed by atoms with E-state index >= 15 is 0 Å². The predicted molar refractivity (Wildman–Crippen MR) is 80.1 cm³/mol. The molecule has 0 aliphatic heterocycles. The van der Waals surface area contributed by atoms with Gasteiger partial charge in [0.2, 0.25) is 0 Å². The SMILES string of the molecule is C=C(C)C[C@@H](NC(=O)c1ccc2ccccc2n1)C(=O)O. The van der Waals surface area contributed by atoms with E-state index in [9.17, 15) is 9.59 Å². The molecule has 0 saturated heterocycles. The Morgan fingerprint density at radius 3 is 2.67 bits per heavy atom. The fraction of sp³-hybridized carbons (Fsp3) is 0.188. The van der Waals surface area contributed by atoms with Gasteiger partial charge in [0, 0.05) is 5.39 Å². The lowest BCUT2D eigenvalue weighted by atomic mass is 10.1. The molecule has 0 saturated carbocycles. The number of aliphatic carboxylic acids is 1. The van der Waals surface area contributed by atoms with E-state index < -0.39 is 17.9 Å². The van der Waals surface area contributed by atoms with Crippen LogP contribution in [0.1, 0.15) is 23.8 Å². The van der Waals surface area contributed by atoms with Gasteiger partial charge in [-0.2, -0.15) is 0 Å². The van der Waals surface area contributed by atoms with Gasteiger partial charge >= 0.3 is 5.97 Å². The third-order valence-electron chi connectivity index (χ3n) is 2.99. The van der Waals surface area contributed by atoms with Crippen molar-refractivity contribution in [3.63, 3.8) is 0 Å². The van der Waals surface area contributed by atoms with Crippen LogP contribution in [-0.4, -0.2) is 28.0 Å². The van der Waals surface area contributed by atoms with E-state index in [1.807, 2.05) is 18.2 Å². The second kappa shape index (κ2) is 6.17. The number of hydrogen-bond acceptors (Lipinski definition) is 3. The minimum atomic E-state index is -1.09. The van der Waals surface area contributed by atoms with Crippen molar-refractivity contribution in [3.05, 3.63) is 54.2 Å². The van der Waals surface area contributed by atoms with Gasteiger partial charge in [0.15, 0.2) is 0 Å². The molecule has 0 fully saturated rings. The Morgan fingerprint density at radius 2 is 2.00 bits per heavy atom. The van der Waals surface area contributed by atoms with Crippen LogP contribution in [0.4, 0.5) is 0 Å². The Bertz CT molecular complexity index is 709. The second-order valence-electron chi connectivity index (χ2n) is 4.91. The Kier molecular flexibility index (Phi) is 4.33. The van der Waals surface area contributed by atoms with Crippen molar-refractivity contribution in [3.8, 4) is 0 Å². The molecule has 1 aromatic carbocycles. The zero-order valence-corrected chi connectivity index (χ0v) is 11.7. The van der Waals surface area contributed by atoms with Gasteiger partial charge in [0.25, 0.3) is 5.91 Å². The normalized spacial score (nSPS) is 11.9. The first-order valence-corrected chi connectivity index (χ1v) is 6.51. The molecule has 0 spiro atoms. The quantitative estimate of drug-likeness (QED) is 0.826. The molecule has 0 aliphatic carbocycles. The molecular weight excluding hydrogens is 268 g/mol. The molecule has 0 bridgehead atoms. The largest absolute Gasteiger partial charge is 0.480 e. The molecule has 108 valence electrons. The maximum Gasteiger partial charge on any atom is 0.326 e. The van der Waals surface area contributed by atoms with Gasteiger partial charge in [0.05, 0.1) is 5.52 Å². The first-order valence-electron chi connectivity index (χ1n) is 6.51. The molecule has 0 aliphatic rings. The molecule has 2 aromatic rings. The number of fused-ring (bicyclic) bond motifs is 1. The van der Waals surface area contributed by atoms with Crippen molar-refractivity contribution in [2.24, 2.45) is 0 Å².